The fraction of sp³-hybridized carbons (Fsp3) is 0.562. The van der Waals surface area contributed by atoms with Crippen molar-refractivity contribution in [2.24, 2.45) is 0 Å². The van der Waals surface area contributed by atoms with Crippen LogP contribution in [0.3, 0.4) is 0 Å². The molecule has 0 aliphatic carbocycles. The lowest BCUT2D eigenvalue weighted by atomic mass is 9.94. The fourth-order valence-electron chi connectivity index (χ4n) is 3.10. The van der Waals surface area contributed by atoms with Gasteiger partial charge in [0.05, 0.1) is 6.04 Å². The number of nitrogens with one attached hydrogen (secondary N) is 3. The molecule has 1 saturated heterocycles. The van der Waals surface area contributed by atoms with Crippen molar-refractivity contribution in [1.29, 1.82) is 0 Å². The maximum atomic E-state index is 12.5. The minimum atomic E-state index is -0.0680. The number of aromatic amines is 2. The van der Waals surface area contributed by atoms with Crippen LogP contribution in [0, 0.1) is 6.92 Å². The molecule has 3 rings (SSSR count). The Labute approximate surface area is 135 Å². The number of carbonyl (C=O) groups is 1. The van der Waals surface area contributed by atoms with Gasteiger partial charge in [0.25, 0.3) is 0 Å². The Morgan fingerprint density at radius 2 is 2.26 bits per heavy atom. The molecule has 1 atom stereocenters. The highest BCUT2D eigenvalue weighted by Crippen LogP contribution is 2.26. The maximum absolute atomic E-state index is 12.5. The van der Waals surface area contributed by atoms with E-state index in [2.05, 4.69) is 25.5 Å². The third-order valence-electron chi connectivity index (χ3n) is 4.50. The molecular formula is C16H24N6O. The molecule has 3 heterocycles. The Morgan fingerprint density at radius 3 is 2.83 bits per heavy atom. The van der Waals surface area contributed by atoms with Gasteiger partial charge in [-0.3, -0.25) is 5.10 Å². The summed E-state index contributed by atoms with van der Waals surface area (Å²) >= 11 is 0. The minimum absolute atomic E-state index is 0.00559. The third-order valence-corrected chi connectivity index (χ3v) is 4.50. The topological polar surface area (TPSA) is 89.7 Å². The smallest absolute Gasteiger partial charge is 0.317 e. The molecule has 2 amide bonds. The number of piperidine rings is 1. The lowest BCUT2D eigenvalue weighted by Crippen LogP contribution is -2.45. The molecular weight excluding hydrogens is 292 g/mol. The van der Waals surface area contributed by atoms with Crippen LogP contribution in [-0.4, -0.2) is 44.2 Å². The Hall–Kier alpha value is -2.31. The number of likely N-dealkylation sites (tertiary alicyclic amines) is 1. The summed E-state index contributed by atoms with van der Waals surface area (Å²) in [4.78, 5) is 21.9. The quantitative estimate of drug-likeness (QED) is 0.809. The number of amides is 2. The Kier molecular flexibility index (Phi) is 4.64. The fourth-order valence-corrected chi connectivity index (χ4v) is 3.10. The Morgan fingerprint density at radius 1 is 1.48 bits per heavy atom. The van der Waals surface area contributed by atoms with Gasteiger partial charge in [-0.15, -0.1) is 0 Å². The van der Waals surface area contributed by atoms with Crippen LogP contribution in [0.5, 0.6) is 0 Å². The number of nitrogens with zero attached hydrogens (tertiary/aromatic N) is 3. The number of aromatic nitrogens is 4. The molecule has 124 valence electrons. The largest absolute Gasteiger partial charge is 0.344 e. The van der Waals surface area contributed by atoms with Gasteiger partial charge in [0.15, 0.2) is 0 Å². The molecule has 0 bridgehead atoms. The third kappa shape index (κ3) is 3.55. The monoisotopic (exact) mass is 316 g/mol. The van der Waals surface area contributed by atoms with E-state index < -0.39 is 0 Å². The zero-order valence-electron chi connectivity index (χ0n) is 13.7. The first-order valence-electron chi connectivity index (χ1n) is 8.23. The number of imidazole rings is 1. The van der Waals surface area contributed by atoms with Gasteiger partial charge in [-0.2, -0.15) is 5.10 Å². The van der Waals surface area contributed by atoms with Gasteiger partial charge in [-0.25, -0.2) is 9.78 Å². The number of urea groups is 1. The summed E-state index contributed by atoms with van der Waals surface area (Å²) in [5.41, 5.74) is 2.18. The molecule has 0 saturated carbocycles. The van der Waals surface area contributed by atoms with Gasteiger partial charge in [0, 0.05) is 42.8 Å². The summed E-state index contributed by atoms with van der Waals surface area (Å²) in [7, 11) is 0. The average Bonchev–Trinajstić information content (AvgIpc) is 3.24. The van der Waals surface area contributed by atoms with Crippen LogP contribution in [0.15, 0.2) is 18.5 Å². The van der Waals surface area contributed by atoms with Gasteiger partial charge in [0.1, 0.15) is 5.82 Å². The second-order valence-electron chi connectivity index (χ2n) is 6.14. The minimum Gasteiger partial charge on any atom is -0.344 e. The molecule has 1 fully saturated rings. The van der Waals surface area contributed by atoms with Gasteiger partial charge >= 0.3 is 6.03 Å². The summed E-state index contributed by atoms with van der Waals surface area (Å²) in [5, 5.41) is 10.1. The van der Waals surface area contributed by atoms with Crippen molar-refractivity contribution < 1.29 is 4.79 Å². The molecule has 2 aromatic heterocycles. The molecule has 3 N–H and O–H groups in total. The van der Waals surface area contributed by atoms with E-state index in [-0.39, 0.29) is 12.1 Å². The summed E-state index contributed by atoms with van der Waals surface area (Å²) in [6.45, 7) is 5.55. The van der Waals surface area contributed by atoms with Crippen LogP contribution in [0.25, 0.3) is 0 Å². The van der Waals surface area contributed by atoms with Gasteiger partial charge in [0.2, 0.25) is 0 Å². The van der Waals surface area contributed by atoms with E-state index >= 15 is 0 Å². The van der Waals surface area contributed by atoms with E-state index in [4.69, 9.17) is 0 Å². The number of rotatable bonds is 4. The highest BCUT2D eigenvalue weighted by atomic mass is 16.2. The summed E-state index contributed by atoms with van der Waals surface area (Å²) in [5.74, 6) is 1.29. The summed E-state index contributed by atoms with van der Waals surface area (Å²) < 4.78 is 0. The summed E-state index contributed by atoms with van der Waals surface area (Å²) in [6, 6.07) is 1.95. The van der Waals surface area contributed by atoms with E-state index in [1.807, 2.05) is 24.8 Å². The molecule has 1 aliphatic heterocycles. The molecule has 2 aromatic rings. The van der Waals surface area contributed by atoms with Crippen LogP contribution in [-0.2, 0) is 0 Å². The highest BCUT2D eigenvalue weighted by molar-refractivity contribution is 5.74. The molecule has 0 radical (unpaired) electrons. The van der Waals surface area contributed by atoms with Gasteiger partial charge < -0.3 is 15.2 Å². The van der Waals surface area contributed by atoms with Crippen LogP contribution in [0.1, 0.15) is 55.4 Å². The van der Waals surface area contributed by atoms with Crippen LogP contribution >= 0.6 is 0 Å². The first-order chi connectivity index (χ1) is 11.2. The lowest BCUT2D eigenvalue weighted by molar-refractivity contribution is 0.176. The van der Waals surface area contributed by atoms with Crippen molar-refractivity contribution >= 4 is 6.03 Å². The van der Waals surface area contributed by atoms with Crippen molar-refractivity contribution in [3.8, 4) is 0 Å². The lowest BCUT2D eigenvalue weighted by Gasteiger charge is -2.32. The predicted molar refractivity (Wildman–Crippen MR) is 87.0 cm³/mol. The number of hydrogen-bond donors (Lipinski definition) is 3. The predicted octanol–water partition coefficient (Wildman–Crippen LogP) is 2.48. The van der Waals surface area contributed by atoms with E-state index in [1.54, 1.807) is 12.4 Å². The molecule has 0 aromatic carbocycles. The molecule has 0 unspecified atom stereocenters. The zero-order chi connectivity index (χ0) is 16.2. The first kappa shape index (κ1) is 15.6. The van der Waals surface area contributed by atoms with Crippen molar-refractivity contribution in [3.05, 3.63) is 35.7 Å². The highest BCUT2D eigenvalue weighted by Gasteiger charge is 2.26. The van der Waals surface area contributed by atoms with E-state index in [0.717, 1.165) is 43.9 Å². The molecule has 1 aliphatic rings. The maximum Gasteiger partial charge on any atom is 0.317 e. The first-order valence-corrected chi connectivity index (χ1v) is 8.23. The van der Waals surface area contributed by atoms with E-state index in [0.29, 0.717) is 5.92 Å². The molecule has 7 nitrogen and oxygen atoms in total. The van der Waals surface area contributed by atoms with Crippen molar-refractivity contribution in [1.82, 2.24) is 30.4 Å². The zero-order valence-corrected chi connectivity index (χ0v) is 13.7. The van der Waals surface area contributed by atoms with Crippen LogP contribution in [0.2, 0.25) is 0 Å². The second-order valence-corrected chi connectivity index (χ2v) is 6.14. The van der Waals surface area contributed by atoms with Crippen molar-refractivity contribution in [3.63, 3.8) is 0 Å². The van der Waals surface area contributed by atoms with E-state index in [1.165, 1.54) is 5.69 Å². The van der Waals surface area contributed by atoms with Gasteiger partial charge in [-0.1, -0.05) is 6.92 Å². The second kappa shape index (κ2) is 6.85. The number of H-pyrrole nitrogens is 2. The van der Waals surface area contributed by atoms with Gasteiger partial charge in [-0.05, 0) is 32.3 Å². The normalized spacial score (nSPS) is 17.2. The summed E-state index contributed by atoms with van der Waals surface area (Å²) in [6.07, 6.45) is 6.31. The number of aryl methyl sites for hydroxylation is 1. The SMILES string of the molecule is CC[C@H](NC(=O)N1CCC(c2ccn[nH]2)CC1)c1ncc(C)[nH]1. The molecule has 23 heavy (non-hydrogen) atoms. The Bertz CT molecular complexity index is 627. The van der Waals surface area contributed by atoms with Crippen LogP contribution < -0.4 is 5.32 Å². The van der Waals surface area contributed by atoms with Crippen LogP contribution in [0.4, 0.5) is 4.79 Å². The Balaban J connectivity index is 1.54. The standard InChI is InChI=1S/C16H24N6O/c1-3-13(15-17-10-11(2)19-15)20-16(23)22-8-5-12(6-9-22)14-4-7-18-21-14/h4,7,10,12-13H,3,5-6,8-9H2,1-2H3,(H,17,19)(H,18,21)(H,20,23)/t13-/m0/s1. The van der Waals surface area contributed by atoms with Crippen molar-refractivity contribution in [2.45, 2.75) is 45.1 Å². The number of hydrogen-bond acceptors (Lipinski definition) is 3. The molecule has 0 spiro atoms. The average molecular weight is 316 g/mol. The molecule has 7 heteroatoms. The van der Waals surface area contributed by atoms with E-state index in [9.17, 15) is 4.79 Å². The number of carbonyl (C=O) groups excluding carboxylic acids is 1. The van der Waals surface area contributed by atoms with Crippen molar-refractivity contribution in [2.75, 3.05) is 13.1 Å².